The zero-order valence-corrected chi connectivity index (χ0v) is 53.3. The molecule has 1 amide bonds. The fourth-order valence-electron chi connectivity index (χ4n) is 11.9. The number of amides is 1. The minimum Gasteiger partial charge on any atom is -0.394 e. The first-order chi connectivity index (χ1) is 41.8. The molecule has 0 aromatic heterocycles. The Labute approximate surface area is 518 Å². The molecular weight excluding hydrogens is 1110 g/mol. The van der Waals surface area contributed by atoms with Crippen molar-refractivity contribution < 1.29 is 89.4 Å². The first-order valence-corrected chi connectivity index (χ1v) is 34.6. The molecule has 17 atom stereocenters. The summed E-state index contributed by atoms with van der Waals surface area (Å²) in [5.74, 6) is -0.281. The Bertz CT molecular complexity index is 1660. The van der Waals surface area contributed by atoms with E-state index in [0.717, 1.165) is 38.5 Å². The first-order valence-electron chi connectivity index (χ1n) is 34.6. The van der Waals surface area contributed by atoms with E-state index in [9.17, 15) is 61.0 Å². The number of nitrogens with one attached hydrogen (secondary N) is 1. The van der Waals surface area contributed by atoms with Gasteiger partial charge in [-0.15, -0.1) is 0 Å². The topological polar surface area (TPSA) is 307 Å². The zero-order valence-electron chi connectivity index (χ0n) is 53.3. The van der Waals surface area contributed by atoms with Gasteiger partial charge < -0.3 is 89.9 Å². The van der Waals surface area contributed by atoms with E-state index in [2.05, 4.69) is 31.3 Å². The largest absolute Gasteiger partial charge is 0.394 e. The summed E-state index contributed by atoms with van der Waals surface area (Å²) in [6.45, 7) is 1.72. The number of unbranched alkanes of at least 4 members (excludes halogenated alkanes) is 35. The molecule has 3 heterocycles. The molecule has 12 N–H and O–H groups in total. The van der Waals surface area contributed by atoms with Gasteiger partial charge in [0.05, 0.1) is 38.6 Å². The summed E-state index contributed by atoms with van der Waals surface area (Å²) in [6, 6.07) is -0.985. The molecule has 3 aliphatic rings. The van der Waals surface area contributed by atoms with Crippen LogP contribution in [0.2, 0.25) is 0 Å². The Balaban J connectivity index is 1.39. The third-order valence-corrected chi connectivity index (χ3v) is 17.5. The van der Waals surface area contributed by atoms with Crippen LogP contribution < -0.4 is 5.32 Å². The minimum absolute atomic E-state index is 0.240. The van der Waals surface area contributed by atoms with E-state index in [-0.39, 0.29) is 18.9 Å². The highest BCUT2D eigenvalue weighted by atomic mass is 16.8. The van der Waals surface area contributed by atoms with Crippen LogP contribution in [0.4, 0.5) is 0 Å². The van der Waals surface area contributed by atoms with Gasteiger partial charge in [-0.3, -0.25) is 4.79 Å². The summed E-state index contributed by atoms with van der Waals surface area (Å²) in [4.78, 5) is 13.4. The highest BCUT2D eigenvalue weighted by Gasteiger charge is 2.53. The third-order valence-electron chi connectivity index (χ3n) is 17.5. The fraction of sp³-hybridized carbons (Fsp3) is 0.925. The number of hydrogen-bond acceptors (Lipinski definition) is 18. The van der Waals surface area contributed by atoms with Crippen molar-refractivity contribution in [2.45, 2.75) is 369 Å². The number of carbonyl (C=O) groups is 1. The summed E-state index contributed by atoms with van der Waals surface area (Å²) in [5, 5.41) is 120. The van der Waals surface area contributed by atoms with Gasteiger partial charge in [0, 0.05) is 6.42 Å². The molecule has 0 bridgehead atoms. The Morgan fingerprint density at radius 2 is 0.744 bits per heavy atom. The number of allylic oxidation sites excluding steroid dienone is 3. The molecule has 0 saturated carbocycles. The Kier molecular flexibility index (Phi) is 45.6. The van der Waals surface area contributed by atoms with Crippen LogP contribution in [0, 0.1) is 0 Å². The zero-order chi connectivity index (χ0) is 62.6. The van der Waals surface area contributed by atoms with Gasteiger partial charge in [-0.25, -0.2) is 0 Å². The van der Waals surface area contributed by atoms with Crippen molar-refractivity contribution in [1.29, 1.82) is 0 Å². The first kappa shape index (κ1) is 78.5. The second-order valence-electron chi connectivity index (χ2n) is 25.0. The summed E-state index contributed by atoms with van der Waals surface area (Å²) >= 11 is 0. The van der Waals surface area contributed by atoms with Crippen molar-refractivity contribution in [2.24, 2.45) is 0 Å². The number of rotatable bonds is 53. The lowest BCUT2D eigenvalue weighted by Gasteiger charge is -2.48. The molecule has 3 aliphatic heterocycles. The van der Waals surface area contributed by atoms with Crippen molar-refractivity contribution in [3.8, 4) is 0 Å². The minimum atomic E-state index is -1.98. The highest BCUT2D eigenvalue weighted by molar-refractivity contribution is 5.76. The molecule has 17 unspecified atom stereocenters. The maximum Gasteiger partial charge on any atom is 0.220 e. The van der Waals surface area contributed by atoms with Gasteiger partial charge >= 0.3 is 0 Å². The number of hydrogen-bond donors (Lipinski definition) is 12. The van der Waals surface area contributed by atoms with Gasteiger partial charge in [-0.05, 0) is 32.1 Å². The molecule has 3 rings (SSSR count). The summed E-state index contributed by atoms with van der Waals surface area (Å²) in [7, 11) is 0. The molecule has 0 spiro atoms. The monoisotopic (exact) mass is 1230 g/mol. The quantitative estimate of drug-likeness (QED) is 0.0200. The number of aliphatic hydroxyl groups excluding tert-OH is 11. The Morgan fingerprint density at radius 1 is 0.407 bits per heavy atom. The maximum absolute atomic E-state index is 13.4. The highest BCUT2D eigenvalue weighted by Crippen LogP contribution is 2.33. The van der Waals surface area contributed by atoms with Crippen molar-refractivity contribution >= 4 is 5.91 Å². The van der Waals surface area contributed by atoms with Crippen LogP contribution in [0.3, 0.4) is 0 Å². The molecule has 19 nitrogen and oxygen atoms in total. The van der Waals surface area contributed by atoms with Gasteiger partial charge in [0.25, 0.3) is 0 Å². The van der Waals surface area contributed by atoms with E-state index in [4.69, 9.17) is 28.4 Å². The van der Waals surface area contributed by atoms with E-state index in [1.807, 2.05) is 6.08 Å². The van der Waals surface area contributed by atoms with Crippen LogP contribution >= 0.6 is 0 Å². The smallest absolute Gasteiger partial charge is 0.220 e. The van der Waals surface area contributed by atoms with E-state index < -0.39 is 124 Å². The molecule has 86 heavy (non-hydrogen) atoms. The molecule has 3 fully saturated rings. The normalized spacial score (nSPS) is 28.9. The molecule has 19 heteroatoms. The molecule has 0 radical (unpaired) electrons. The van der Waals surface area contributed by atoms with E-state index in [1.54, 1.807) is 6.08 Å². The van der Waals surface area contributed by atoms with Gasteiger partial charge in [-0.2, -0.15) is 0 Å². The van der Waals surface area contributed by atoms with Gasteiger partial charge in [0.15, 0.2) is 18.9 Å². The van der Waals surface area contributed by atoms with Crippen LogP contribution in [-0.2, 0) is 33.2 Å². The Morgan fingerprint density at radius 3 is 1.16 bits per heavy atom. The average molecular weight is 1230 g/mol. The summed E-state index contributed by atoms with van der Waals surface area (Å²) in [5.41, 5.74) is 0. The van der Waals surface area contributed by atoms with Gasteiger partial charge in [0.2, 0.25) is 5.91 Å². The lowest BCUT2D eigenvalue weighted by molar-refractivity contribution is -0.379. The second-order valence-corrected chi connectivity index (χ2v) is 25.0. The maximum atomic E-state index is 13.4. The average Bonchev–Trinajstić information content (AvgIpc) is 2.33. The fourth-order valence-corrected chi connectivity index (χ4v) is 11.9. The predicted molar refractivity (Wildman–Crippen MR) is 333 cm³/mol. The van der Waals surface area contributed by atoms with E-state index in [0.29, 0.717) is 12.8 Å². The lowest BCUT2D eigenvalue weighted by atomic mass is 9.96. The van der Waals surface area contributed by atoms with Gasteiger partial charge in [-0.1, -0.05) is 250 Å². The van der Waals surface area contributed by atoms with Crippen LogP contribution in [-0.4, -0.2) is 193 Å². The number of carbonyl (C=O) groups excluding carboxylic acids is 1. The van der Waals surface area contributed by atoms with Crippen molar-refractivity contribution in [2.75, 3.05) is 26.4 Å². The van der Waals surface area contributed by atoms with Crippen molar-refractivity contribution in [3.63, 3.8) is 0 Å². The third kappa shape index (κ3) is 32.0. The number of ether oxygens (including phenoxy) is 6. The van der Waals surface area contributed by atoms with Crippen molar-refractivity contribution in [3.05, 3.63) is 24.3 Å². The molecule has 3 saturated heterocycles. The van der Waals surface area contributed by atoms with Crippen LogP contribution in [0.15, 0.2) is 24.3 Å². The molecule has 0 aromatic carbocycles. The molecule has 0 aliphatic carbocycles. The molecular formula is C67H125NO18. The van der Waals surface area contributed by atoms with Crippen LogP contribution in [0.1, 0.15) is 264 Å². The predicted octanol–water partition coefficient (Wildman–Crippen LogP) is 8.66. The second kappa shape index (κ2) is 49.9. The van der Waals surface area contributed by atoms with E-state index >= 15 is 0 Å². The lowest BCUT2D eigenvalue weighted by Crippen LogP contribution is -2.66. The van der Waals surface area contributed by atoms with E-state index in [1.165, 1.54) is 193 Å². The number of aliphatic hydroxyl groups is 11. The Hall–Kier alpha value is -1.73. The summed E-state index contributed by atoms with van der Waals surface area (Å²) < 4.78 is 34.3. The molecule has 0 aromatic rings. The van der Waals surface area contributed by atoms with Crippen molar-refractivity contribution in [1.82, 2.24) is 5.32 Å². The SMILES string of the molecule is CCCCCCCCC/C=C/CC/C=C/C(O)C(COC1OC(CO)C(OC2OC(CO)C(OC3OC(CO)C(O)C(O)C3O)C(O)C2O)C(O)C1O)NC(=O)CCCCCCCCCCCCCCCCCCCCCCCCCCCCCC. The molecule has 506 valence electrons. The van der Waals surface area contributed by atoms with Crippen LogP contribution in [0.5, 0.6) is 0 Å². The van der Waals surface area contributed by atoms with Crippen LogP contribution in [0.25, 0.3) is 0 Å². The standard InChI is InChI=1S/C67H125NO18/c1-3-5-7-9-11-13-15-17-18-19-20-21-22-23-24-25-26-27-28-29-30-31-33-35-37-39-41-43-45-55(73)68-50(51(72)44-42-40-38-36-34-32-16-14-12-10-8-6-4-2)49-81-65-61(79)58(76)63(53(47-70)83-65)86-67-62(80)59(77)64(54(48-71)84-67)85-66-60(78)57(75)56(74)52(46-69)82-66/h34,36,42,44,50-54,56-67,69-72,74-80H,3-33,35,37-41,43,45-49H2,1-2H3,(H,68,73)/b36-34+,44-42+. The van der Waals surface area contributed by atoms with Gasteiger partial charge in [0.1, 0.15) is 73.2 Å². The summed E-state index contributed by atoms with van der Waals surface area (Å²) in [6.07, 6.45) is 29.0.